The van der Waals surface area contributed by atoms with Crippen LogP contribution in [0.2, 0.25) is 0 Å². The van der Waals surface area contributed by atoms with Crippen molar-refractivity contribution in [2.75, 3.05) is 18.9 Å². The first-order valence-corrected chi connectivity index (χ1v) is 14.9. The highest BCUT2D eigenvalue weighted by Crippen LogP contribution is 2.53. The number of phosphoric acid groups is 2. The Balaban J connectivity index is 1.28. The average Bonchev–Trinajstić information content (AvgIpc) is 3.70. The molecule has 3 aromatic heterocycles. The summed E-state index contributed by atoms with van der Waals surface area (Å²) in [4.78, 5) is 39.4. The van der Waals surface area contributed by atoms with Gasteiger partial charge in [-0.2, -0.15) is 0 Å². The molecule has 2 unspecified atom stereocenters. The summed E-state index contributed by atoms with van der Waals surface area (Å²) >= 11 is 0. The predicted octanol–water partition coefficient (Wildman–Crippen LogP) is -0.435. The number of nitrogens with one attached hydrogen (secondary N) is 1. The number of hydrogen-bond acceptors (Lipinski definition) is 14. The smallest absolute Gasteiger partial charge is 0.387 e. The first-order chi connectivity index (χ1) is 19.5. The number of aromatic nitrogens is 6. The van der Waals surface area contributed by atoms with Gasteiger partial charge in [-0.1, -0.05) is 5.92 Å². The molecule has 41 heavy (non-hydrogen) atoms. The van der Waals surface area contributed by atoms with Gasteiger partial charge in [-0.3, -0.25) is 22.7 Å². The number of fused-ring (bicyclic) bond motifs is 4. The van der Waals surface area contributed by atoms with Gasteiger partial charge in [0.15, 0.2) is 29.7 Å². The van der Waals surface area contributed by atoms with E-state index in [-0.39, 0.29) is 22.8 Å². The second-order valence-electron chi connectivity index (χ2n) is 9.05. The molecule has 0 aromatic carbocycles. The Morgan fingerprint density at radius 3 is 2.51 bits per heavy atom. The third kappa shape index (κ3) is 5.65. The lowest BCUT2D eigenvalue weighted by molar-refractivity contribution is -0.0515. The van der Waals surface area contributed by atoms with Gasteiger partial charge in [0.25, 0.3) is 0 Å². The van der Waals surface area contributed by atoms with Gasteiger partial charge in [0.2, 0.25) is 0 Å². The standard InChI is InChI=1S/C20H22FN7O11P2/c21-13-16-11(37-20(13)28-8-27-14-18(22)25-7-26-19(14)28)6-35-41(32,33)39-17-9(1-2-12-23-3-4-24-12)36-10(15(17)29)5-34-40(30,31)38-16/h3-4,7-11,13,15-17,20,29H,5-6H2,(H,23,24)(H,30,31)(H,32,33)(H2,22,25,26)/t9-,10+,11+,13+,15+,16+,17-,20+/m0/s1. The molecule has 21 heteroatoms. The summed E-state index contributed by atoms with van der Waals surface area (Å²) in [5.41, 5.74) is 6.02. The molecule has 0 amide bonds. The molecule has 6 rings (SSSR count). The molecule has 3 saturated heterocycles. The minimum atomic E-state index is -5.05. The predicted molar refractivity (Wildman–Crippen MR) is 130 cm³/mol. The number of alkyl halides is 1. The Morgan fingerprint density at radius 2 is 1.78 bits per heavy atom. The van der Waals surface area contributed by atoms with Crippen LogP contribution in [0.3, 0.4) is 0 Å². The van der Waals surface area contributed by atoms with Gasteiger partial charge >= 0.3 is 15.6 Å². The van der Waals surface area contributed by atoms with Crippen LogP contribution in [0.5, 0.6) is 0 Å². The summed E-state index contributed by atoms with van der Waals surface area (Å²) in [6.45, 7) is -1.61. The van der Waals surface area contributed by atoms with Crippen molar-refractivity contribution in [2.45, 2.75) is 49.0 Å². The molecular weight excluding hydrogens is 595 g/mol. The van der Waals surface area contributed by atoms with Crippen molar-refractivity contribution < 1.29 is 56.0 Å². The van der Waals surface area contributed by atoms with E-state index >= 15 is 4.39 Å². The van der Waals surface area contributed by atoms with Crippen LogP contribution in [0.15, 0.2) is 25.0 Å². The van der Waals surface area contributed by atoms with E-state index in [4.69, 9.17) is 33.3 Å². The molecule has 3 aliphatic heterocycles. The van der Waals surface area contributed by atoms with E-state index in [1.807, 2.05) is 0 Å². The van der Waals surface area contributed by atoms with Crippen LogP contribution in [0.4, 0.5) is 10.2 Å². The van der Waals surface area contributed by atoms with E-state index < -0.39 is 77.9 Å². The van der Waals surface area contributed by atoms with Crippen LogP contribution in [0.25, 0.3) is 11.2 Å². The molecule has 18 nitrogen and oxygen atoms in total. The zero-order valence-electron chi connectivity index (χ0n) is 20.5. The van der Waals surface area contributed by atoms with Gasteiger partial charge in [0.1, 0.15) is 48.5 Å². The summed E-state index contributed by atoms with van der Waals surface area (Å²) in [5, 5.41) is 10.7. The molecule has 3 aliphatic rings. The van der Waals surface area contributed by atoms with Gasteiger partial charge in [0.05, 0.1) is 19.5 Å². The van der Waals surface area contributed by atoms with Crippen LogP contribution in [0.1, 0.15) is 12.1 Å². The van der Waals surface area contributed by atoms with Gasteiger partial charge in [0, 0.05) is 12.4 Å². The van der Waals surface area contributed by atoms with Crippen molar-refractivity contribution >= 4 is 32.6 Å². The highest BCUT2D eigenvalue weighted by atomic mass is 31.2. The van der Waals surface area contributed by atoms with Crippen LogP contribution in [-0.2, 0) is 36.7 Å². The van der Waals surface area contributed by atoms with Crippen LogP contribution >= 0.6 is 15.6 Å². The fraction of sp³-hybridized carbons (Fsp3) is 0.500. The normalized spacial score (nSPS) is 39.7. The topological polar surface area (TPSA) is 249 Å². The lowest BCUT2D eigenvalue weighted by Gasteiger charge is -2.23. The summed E-state index contributed by atoms with van der Waals surface area (Å²) in [6.07, 6.45) is -7.74. The number of nitrogens with zero attached hydrogens (tertiary/aromatic N) is 5. The Bertz CT molecular complexity index is 1580. The molecule has 0 saturated carbocycles. The molecule has 3 aromatic rings. The minimum absolute atomic E-state index is 0.0158. The Kier molecular flexibility index (Phi) is 7.43. The quantitative estimate of drug-likeness (QED) is 0.172. The summed E-state index contributed by atoms with van der Waals surface area (Å²) < 4.78 is 74.3. The summed E-state index contributed by atoms with van der Waals surface area (Å²) in [6, 6.07) is 0. The number of hydrogen-bond donors (Lipinski definition) is 5. The van der Waals surface area contributed by atoms with Gasteiger partial charge < -0.3 is 35.1 Å². The Labute approximate surface area is 229 Å². The van der Waals surface area contributed by atoms with Crippen LogP contribution in [0, 0.1) is 11.8 Å². The van der Waals surface area contributed by atoms with E-state index in [2.05, 4.69) is 36.8 Å². The SMILES string of the molecule is Nc1ncnc2c1ncn2[C@@H]1O[C@@H]2COP(=O)(O)O[C@@H]3[C@H](O)[C@@H](COP(=O)(O)O[C@H]2[C@H]1F)O[C@H]3C#Cc1ncc[nH]1. The fourth-order valence-electron chi connectivity index (χ4n) is 4.52. The van der Waals surface area contributed by atoms with Crippen LogP contribution in [-0.4, -0.2) is 100 Å². The number of nitrogen functional groups attached to an aromatic ring is 1. The molecule has 6 N–H and O–H groups in total. The zero-order valence-corrected chi connectivity index (χ0v) is 22.3. The van der Waals surface area contributed by atoms with Crippen molar-refractivity contribution in [1.82, 2.24) is 29.5 Å². The highest BCUT2D eigenvalue weighted by Gasteiger charge is 2.53. The number of aliphatic hydroxyl groups excluding tert-OH is 1. The molecule has 220 valence electrons. The number of phosphoric ester groups is 2. The second kappa shape index (κ2) is 10.8. The second-order valence-corrected chi connectivity index (χ2v) is 11.9. The maximum Gasteiger partial charge on any atom is 0.472 e. The molecule has 3 fully saturated rings. The molecule has 2 bridgehead atoms. The van der Waals surface area contributed by atoms with Crippen molar-refractivity contribution in [3.8, 4) is 11.8 Å². The van der Waals surface area contributed by atoms with Gasteiger partial charge in [-0.15, -0.1) is 0 Å². The number of anilines is 1. The largest absolute Gasteiger partial charge is 0.472 e. The summed E-state index contributed by atoms with van der Waals surface area (Å²) in [5.74, 6) is 5.47. The van der Waals surface area contributed by atoms with E-state index in [0.717, 1.165) is 10.9 Å². The average molecular weight is 617 g/mol. The molecule has 0 aliphatic carbocycles. The monoisotopic (exact) mass is 617 g/mol. The lowest BCUT2D eigenvalue weighted by Crippen LogP contribution is -2.36. The number of H-pyrrole nitrogens is 1. The van der Waals surface area contributed by atoms with Gasteiger partial charge in [-0.05, 0) is 5.92 Å². The van der Waals surface area contributed by atoms with Crippen molar-refractivity contribution in [3.63, 3.8) is 0 Å². The van der Waals surface area contributed by atoms with Crippen molar-refractivity contribution in [3.05, 3.63) is 30.9 Å². The first kappa shape index (κ1) is 28.3. The molecular formula is C20H22FN7O11P2. The van der Waals surface area contributed by atoms with Gasteiger partial charge in [-0.25, -0.2) is 33.5 Å². The first-order valence-electron chi connectivity index (χ1n) is 11.9. The number of aromatic amines is 1. The number of imidazole rings is 2. The number of aliphatic hydroxyl groups is 1. The van der Waals surface area contributed by atoms with Crippen molar-refractivity contribution in [2.24, 2.45) is 0 Å². The number of halogens is 1. The Morgan fingerprint density at radius 1 is 1.05 bits per heavy atom. The number of ether oxygens (including phenoxy) is 2. The Hall–Kier alpha value is -2.85. The molecule has 10 atom stereocenters. The lowest BCUT2D eigenvalue weighted by atomic mass is 10.1. The molecule has 0 radical (unpaired) electrons. The number of rotatable bonds is 1. The van der Waals surface area contributed by atoms with Crippen molar-refractivity contribution in [1.29, 1.82) is 0 Å². The third-order valence-corrected chi connectivity index (χ3v) is 8.38. The maximum atomic E-state index is 15.8. The van der Waals surface area contributed by atoms with Crippen LogP contribution < -0.4 is 5.73 Å². The van der Waals surface area contributed by atoms with E-state index in [1.165, 1.54) is 18.7 Å². The summed E-state index contributed by atoms with van der Waals surface area (Å²) in [7, 11) is -10.0. The molecule has 0 spiro atoms. The molecule has 6 heterocycles. The minimum Gasteiger partial charge on any atom is -0.387 e. The maximum absolute atomic E-state index is 15.8. The third-order valence-electron chi connectivity index (χ3n) is 6.41. The fourth-order valence-corrected chi connectivity index (χ4v) is 6.41. The van der Waals surface area contributed by atoms with E-state index in [9.17, 15) is 24.0 Å². The zero-order chi connectivity index (χ0) is 28.9. The van der Waals surface area contributed by atoms with E-state index in [0.29, 0.717) is 0 Å². The highest BCUT2D eigenvalue weighted by molar-refractivity contribution is 7.47. The number of nitrogens with two attached hydrogens (primary N) is 1. The van der Waals surface area contributed by atoms with E-state index in [1.54, 1.807) is 0 Å².